The summed E-state index contributed by atoms with van der Waals surface area (Å²) in [6, 6.07) is 2.05. The number of hydrogen-bond donors (Lipinski definition) is 1. The average Bonchev–Trinajstić information content (AvgIpc) is 2.93. The fourth-order valence-corrected chi connectivity index (χ4v) is 2.15. The molecule has 0 fully saturated rings. The highest BCUT2D eigenvalue weighted by molar-refractivity contribution is 5.53. The van der Waals surface area contributed by atoms with Crippen LogP contribution in [0.4, 0.5) is 5.82 Å². The SMILES string of the molecule is CCCNc1cc(C(C)C)nc(-c2cncn2CCC)n1. The Bertz CT molecular complexity index is 574. The van der Waals surface area contributed by atoms with Gasteiger partial charge in [0.25, 0.3) is 0 Å². The van der Waals surface area contributed by atoms with E-state index in [4.69, 9.17) is 4.98 Å². The summed E-state index contributed by atoms with van der Waals surface area (Å²) in [5.41, 5.74) is 2.04. The maximum absolute atomic E-state index is 4.71. The number of aromatic nitrogens is 4. The molecule has 0 aliphatic carbocycles. The second-order valence-corrected chi connectivity index (χ2v) is 5.56. The van der Waals surface area contributed by atoms with Crippen LogP contribution in [-0.4, -0.2) is 26.1 Å². The van der Waals surface area contributed by atoms with Crippen molar-refractivity contribution in [3.63, 3.8) is 0 Å². The summed E-state index contributed by atoms with van der Waals surface area (Å²) in [7, 11) is 0. The molecule has 2 rings (SSSR count). The van der Waals surface area contributed by atoms with Gasteiger partial charge in [-0.3, -0.25) is 0 Å². The quantitative estimate of drug-likeness (QED) is 0.843. The molecule has 5 heteroatoms. The summed E-state index contributed by atoms with van der Waals surface area (Å²) in [5.74, 6) is 2.03. The molecule has 114 valence electrons. The Kier molecular flexibility index (Phi) is 5.31. The monoisotopic (exact) mass is 287 g/mol. The first-order chi connectivity index (χ1) is 10.2. The highest BCUT2D eigenvalue weighted by atomic mass is 15.1. The molecule has 0 radical (unpaired) electrons. The van der Waals surface area contributed by atoms with E-state index in [-0.39, 0.29) is 0 Å². The van der Waals surface area contributed by atoms with E-state index in [1.807, 2.05) is 18.6 Å². The van der Waals surface area contributed by atoms with Gasteiger partial charge in [0.2, 0.25) is 0 Å². The van der Waals surface area contributed by atoms with Gasteiger partial charge in [-0.2, -0.15) is 0 Å². The van der Waals surface area contributed by atoms with Gasteiger partial charge < -0.3 is 9.88 Å². The summed E-state index contributed by atoms with van der Waals surface area (Å²) in [6.07, 6.45) is 5.83. The molecule has 21 heavy (non-hydrogen) atoms. The topological polar surface area (TPSA) is 55.6 Å². The van der Waals surface area contributed by atoms with Gasteiger partial charge in [-0.15, -0.1) is 0 Å². The van der Waals surface area contributed by atoms with Crippen molar-refractivity contribution in [2.75, 3.05) is 11.9 Å². The van der Waals surface area contributed by atoms with E-state index in [0.29, 0.717) is 5.92 Å². The molecule has 2 aromatic heterocycles. The van der Waals surface area contributed by atoms with Crippen LogP contribution in [0, 0.1) is 0 Å². The zero-order valence-corrected chi connectivity index (χ0v) is 13.4. The Morgan fingerprint density at radius 3 is 2.67 bits per heavy atom. The summed E-state index contributed by atoms with van der Waals surface area (Å²) in [4.78, 5) is 13.6. The minimum atomic E-state index is 0.372. The van der Waals surface area contributed by atoms with Crippen molar-refractivity contribution in [1.29, 1.82) is 0 Å². The van der Waals surface area contributed by atoms with E-state index in [0.717, 1.165) is 49.0 Å². The minimum absolute atomic E-state index is 0.372. The van der Waals surface area contributed by atoms with Gasteiger partial charge >= 0.3 is 0 Å². The Morgan fingerprint density at radius 2 is 2.00 bits per heavy atom. The lowest BCUT2D eigenvalue weighted by Crippen LogP contribution is -2.08. The molecule has 0 bridgehead atoms. The first-order valence-electron chi connectivity index (χ1n) is 7.79. The van der Waals surface area contributed by atoms with Crippen LogP contribution in [0.25, 0.3) is 11.5 Å². The molecule has 0 atom stereocenters. The van der Waals surface area contributed by atoms with Crippen LogP contribution < -0.4 is 5.32 Å². The summed E-state index contributed by atoms with van der Waals surface area (Å²) in [5, 5.41) is 3.36. The van der Waals surface area contributed by atoms with Crippen LogP contribution in [0.15, 0.2) is 18.6 Å². The zero-order chi connectivity index (χ0) is 15.2. The highest BCUT2D eigenvalue weighted by Gasteiger charge is 2.12. The van der Waals surface area contributed by atoms with Gasteiger partial charge in [0.15, 0.2) is 5.82 Å². The third kappa shape index (κ3) is 3.80. The molecule has 0 amide bonds. The van der Waals surface area contributed by atoms with Crippen LogP contribution >= 0.6 is 0 Å². The molecule has 0 aliphatic heterocycles. The lowest BCUT2D eigenvalue weighted by Gasteiger charge is -2.12. The molecule has 0 saturated carbocycles. The van der Waals surface area contributed by atoms with E-state index in [1.54, 1.807) is 0 Å². The van der Waals surface area contributed by atoms with Gasteiger partial charge in [-0.25, -0.2) is 15.0 Å². The van der Waals surface area contributed by atoms with Crippen molar-refractivity contribution in [3.05, 3.63) is 24.3 Å². The van der Waals surface area contributed by atoms with Gasteiger partial charge in [0.1, 0.15) is 11.5 Å². The molecule has 0 aromatic carbocycles. The van der Waals surface area contributed by atoms with E-state index >= 15 is 0 Å². The van der Waals surface area contributed by atoms with E-state index in [9.17, 15) is 0 Å². The lowest BCUT2D eigenvalue weighted by molar-refractivity contribution is 0.680. The largest absolute Gasteiger partial charge is 0.370 e. The number of imidazole rings is 1. The second kappa shape index (κ2) is 7.20. The Hall–Kier alpha value is -1.91. The summed E-state index contributed by atoms with van der Waals surface area (Å²) < 4.78 is 2.11. The Labute approximate surface area is 126 Å². The maximum Gasteiger partial charge on any atom is 0.180 e. The van der Waals surface area contributed by atoms with Crippen LogP contribution in [0.2, 0.25) is 0 Å². The first-order valence-corrected chi connectivity index (χ1v) is 7.79. The average molecular weight is 287 g/mol. The van der Waals surface area contributed by atoms with Crippen LogP contribution in [0.3, 0.4) is 0 Å². The van der Waals surface area contributed by atoms with Crippen LogP contribution in [0.1, 0.15) is 52.1 Å². The summed E-state index contributed by atoms with van der Waals surface area (Å²) >= 11 is 0. The van der Waals surface area contributed by atoms with Gasteiger partial charge in [0, 0.05) is 24.8 Å². The van der Waals surface area contributed by atoms with Crippen molar-refractivity contribution >= 4 is 5.82 Å². The normalized spacial score (nSPS) is 11.1. The minimum Gasteiger partial charge on any atom is -0.370 e. The van der Waals surface area contributed by atoms with Gasteiger partial charge in [0.05, 0.1) is 12.5 Å². The predicted octanol–water partition coefficient (Wildman–Crippen LogP) is 3.70. The maximum atomic E-state index is 4.71. The smallest absolute Gasteiger partial charge is 0.180 e. The molecular weight excluding hydrogens is 262 g/mol. The van der Waals surface area contributed by atoms with E-state index in [2.05, 4.69) is 47.5 Å². The number of anilines is 1. The molecular formula is C16H25N5. The van der Waals surface area contributed by atoms with E-state index < -0.39 is 0 Å². The number of aryl methyl sites for hydroxylation is 1. The third-order valence-corrected chi connectivity index (χ3v) is 3.30. The Morgan fingerprint density at radius 1 is 1.19 bits per heavy atom. The lowest BCUT2D eigenvalue weighted by atomic mass is 10.1. The van der Waals surface area contributed by atoms with Gasteiger partial charge in [-0.05, 0) is 18.8 Å². The number of nitrogens with one attached hydrogen (secondary N) is 1. The Balaban J connectivity index is 2.41. The van der Waals surface area contributed by atoms with Crippen LogP contribution in [-0.2, 0) is 6.54 Å². The summed E-state index contributed by atoms with van der Waals surface area (Å²) in [6.45, 7) is 10.5. The predicted molar refractivity (Wildman–Crippen MR) is 86.4 cm³/mol. The fourth-order valence-electron chi connectivity index (χ4n) is 2.15. The second-order valence-electron chi connectivity index (χ2n) is 5.56. The zero-order valence-electron chi connectivity index (χ0n) is 13.4. The standard InChI is InChI=1S/C16H25N5/c1-5-7-18-15-9-13(12(3)4)19-16(20-15)14-10-17-11-21(14)8-6-2/h9-12H,5-8H2,1-4H3,(H,18,19,20). The van der Waals surface area contributed by atoms with Crippen LogP contribution in [0.5, 0.6) is 0 Å². The molecule has 0 unspecified atom stereocenters. The highest BCUT2D eigenvalue weighted by Crippen LogP contribution is 2.22. The van der Waals surface area contributed by atoms with E-state index in [1.165, 1.54) is 0 Å². The first kappa shape index (κ1) is 15.5. The molecule has 2 aromatic rings. The molecule has 1 N–H and O–H groups in total. The van der Waals surface area contributed by atoms with Crippen molar-refractivity contribution in [3.8, 4) is 11.5 Å². The van der Waals surface area contributed by atoms with Crippen molar-refractivity contribution in [1.82, 2.24) is 19.5 Å². The molecule has 0 saturated heterocycles. The molecule has 0 aliphatic rings. The van der Waals surface area contributed by atoms with Crippen molar-refractivity contribution in [2.45, 2.75) is 53.0 Å². The third-order valence-electron chi connectivity index (χ3n) is 3.30. The fraction of sp³-hybridized carbons (Fsp3) is 0.562. The van der Waals surface area contributed by atoms with Crippen molar-refractivity contribution < 1.29 is 0 Å². The molecule has 0 spiro atoms. The molecule has 2 heterocycles. The van der Waals surface area contributed by atoms with Gasteiger partial charge in [-0.1, -0.05) is 27.7 Å². The van der Waals surface area contributed by atoms with Crippen molar-refractivity contribution in [2.24, 2.45) is 0 Å². The number of rotatable bonds is 7. The molecule has 5 nitrogen and oxygen atoms in total. The number of hydrogen-bond acceptors (Lipinski definition) is 4. The number of nitrogens with zero attached hydrogens (tertiary/aromatic N) is 4.